The molecule has 4 N–H and O–H groups in total. The predicted octanol–water partition coefficient (Wildman–Crippen LogP) is 3.89. The molecule has 0 aliphatic carbocycles. The number of urea groups is 2. The number of nitrogens with zero attached hydrogens (tertiary/aromatic N) is 6. The second kappa shape index (κ2) is 13.1. The highest BCUT2D eigenvalue weighted by Crippen LogP contribution is 2.11. The lowest BCUT2D eigenvalue weighted by Crippen LogP contribution is -2.28. The SMILES string of the molecule is O=C(NCc1cn(Cc2cccc(Cn3cc(CNC(=O)Nc4ccc(F)cc4)nn3)c2)nn1)Nc1ccc(F)cc1. The zero-order chi connectivity index (χ0) is 29.3. The molecule has 5 aromatic rings. The molecule has 0 atom stereocenters. The van der Waals surface area contributed by atoms with Crippen LogP contribution < -0.4 is 21.3 Å². The van der Waals surface area contributed by atoms with Crippen LogP contribution in [0, 0.1) is 11.6 Å². The Morgan fingerprint density at radius 2 is 1.07 bits per heavy atom. The number of aromatic nitrogens is 6. The lowest BCUT2D eigenvalue weighted by Gasteiger charge is -2.06. The van der Waals surface area contributed by atoms with E-state index < -0.39 is 12.1 Å². The molecule has 0 unspecified atom stereocenters. The van der Waals surface area contributed by atoms with Crippen molar-refractivity contribution in [3.63, 3.8) is 0 Å². The van der Waals surface area contributed by atoms with Gasteiger partial charge in [0.05, 0.1) is 38.6 Å². The van der Waals surface area contributed by atoms with Crippen LogP contribution >= 0.6 is 0 Å². The van der Waals surface area contributed by atoms with Crippen LogP contribution in [0.25, 0.3) is 0 Å². The first-order valence-corrected chi connectivity index (χ1v) is 12.8. The summed E-state index contributed by atoms with van der Waals surface area (Å²) >= 11 is 0. The molecule has 0 aliphatic heterocycles. The molecule has 42 heavy (non-hydrogen) atoms. The second-order valence-electron chi connectivity index (χ2n) is 9.26. The maximum absolute atomic E-state index is 13.0. The molecule has 0 radical (unpaired) electrons. The molecular formula is C28H26F2N10O2. The molecule has 0 bridgehead atoms. The normalized spacial score (nSPS) is 10.7. The Labute approximate surface area is 238 Å². The molecule has 0 spiro atoms. The maximum atomic E-state index is 13.0. The highest BCUT2D eigenvalue weighted by Gasteiger charge is 2.08. The van der Waals surface area contributed by atoms with Gasteiger partial charge in [0.15, 0.2) is 0 Å². The van der Waals surface area contributed by atoms with E-state index in [0.717, 1.165) is 11.1 Å². The van der Waals surface area contributed by atoms with Crippen molar-refractivity contribution < 1.29 is 18.4 Å². The monoisotopic (exact) mass is 572 g/mol. The smallest absolute Gasteiger partial charge is 0.319 e. The average Bonchev–Trinajstić information content (AvgIpc) is 3.63. The predicted molar refractivity (Wildman–Crippen MR) is 149 cm³/mol. The van der Waals surface area contributed by atoms with Gasteiger partial charge in [0, 0.05) is 11.4 Å². The number of nitrogens with one attached hydrogen (secondary N) is 4. The van der Waals surface area contributed by atoms with Gasteiger partial charge in [-0.2, -0.15) is 0 Å². The summed E-state index contributed by atoms with van der Waals surface area (Å²) in [5.41, 5.74) is 4.09. The van der Waals surface area contributed by atoms with Crippen molar-refractivity contribution in [2.45, 2.75) is 26.2 Å². The van der Waals surface area contributed by atoms with Gasteiger partial charge in [0.1, 0.15) is 23.0 Å². The van der Waals surface area contributed by atoms with Gasteiger partial charge >= 0.3 is 12.1 Å². The number of amides is 4. The zero-order valence-electron chi connectivity index (χ0n) is 22.2. The topological polar surface area (TPSA) is 144 Å². The van der Waals surface area contributed by atoms with Crippen LogP contribution in [0.5, 0.6) is 0 Å². The van der Waals surface area contributed by atoms with Crippen LogP contribution in [-0.2, 0) is 26.2 Å². The standard InChI is InChI=1S/C28H26F2N10O2/c29-21-4-8-23(9-5-21)33-27(41)31-13-25-17-39(37-35-25)15-19-2-1-3-20(12-19)16-40-18-26(36-38-40)14-32-28(42)34-24-10-6-22(30)7-11-24/h1-12,17-18H,13-16H2,(H2,31,33,41)(H2,32,34,42). The Bertz CT molecular complexity index is 1530. The van der Waals surface area contributed by atoms with Crippen LogP contribution in [0.4, 0.5) is 29.7 Å². The fraction of sp³-hybridized carbons (Fsp3) is 0.143. The Morgan fingerprint density at radius 1 is 0.643 bits per heavy atom. The average molecular weight is 573 g/mol. The number of carbonyl (C=O) groups is 2. The third-order valence-electron chi connectivity index (χ3n) is 5.92. The Balaban J connectivity index is 1.08. The zero-order valence-corrected chi connectivity index (χ0v) is 22.2. The van der Waals surface area contributed by atoms with Crippen LogP contribution in [0.2, 0.25) is 0 Å². The molecule has 0 saturated heterocycles. The number of carbonyl (C=O) groups excluding carboxylic acids is 2. The molecular weight excluding hydrogens is 546 g/mol. The number of anilines is 2. The molecule has 2 heterocycles. The summed E-state index contributed by atoms with van der Waals surface area (Å²) in [6.07, 6.45) is 3.49. The van der Waals surface area contributed by atoms with E-state index in [0.29, 0.717) is 35.9 Å². The van der Waals surface area contributed by atoms with Gasteiger partial charge in [-0.15, -0.1) is 10.2 Å². The van der Waals surface area contributed by atoms with Crippen LogP contribution in [0.15, 0.2) is 85.2 Å². The van der Waals surface area contributed by atoms with Crippen LogP contribution in [0.3, 0.4) is 0 Å². The van der Waals surface area contributed by atoms with Crippen molar-refractivity contribution in [1.29, 1.82) is 0 Å². The van der Waals surface area contributed by atoms with Crippen molar-refractivity contribution in [2.75, 3.05) is 10.6 Å². The highest BCUT2D eigenvalue weighted by molar-refractivity contribution is 5.89. The lowest BCUT2D eigenvalue weighted by molar-refractivity contribution is 0.251. The Hall–Kier alpha value is -5.66. The maximum Gasteiger partial charge on any atom is 0.319 e. The largest absolute Gasteiger partial charge is 0.332 e. The molecule has 214 valence electrons. The highest BCUT2D eigenvalue weighted by atomic mass is 19.1. The summed E-state index contributed by atoms with van der Waals surface area (Å²) in [5.74, 6) is -0.764. The van der Waals surface area contributed by atoms with Crippen molar-refractivity contribution >= 4 is 23.4 Å². The lowest BCUT2D eigenvalue weighted by atomic mass is 10.1. The summed E-state index contributed by atoms with van der Waals surface area (Å²) in [6, 6.07) is 17.9. The summed E-state index contributed by atoms with van der Waals surface area (Å²) in [7, 11) is 0. The summed E-state index contributed by atoms with van der Waals surface area (Å²) < 4.78 is 29.4. The minimum atomic E-state index is -0.441. The molecule has 14 heteroatoms. The fourth-order valence-corrected chi connectivity index (χ4v) is 3.95. The van der Waals surface area contributed by atoms with Gasteiger partial charge in [-0.25, -0.2) is 27.7 Å². The second-order valence-corrected chi connectivity index (χ2v) is 9.26. The van der Waals surface area contributed by atoms with E-state index in [-0.39, 0.29) is 24.7 Å². The van der Waals surface area contributed by atoms with E-state index in [1.807, 2.05) is 24.3 Å². The summed E-state index contributed by atoms with van der Waals surface area (Å²) in [4.78, 5) is 24.2. The fourth-order valence-electron chi connectivity index (χ4n) is 3.95. The van der Waals surface area contributed by atoms with Gasteiger partial charge < -0.3 is 21.3 Å². The van der Waals surface area contributed by atoms with Gasteiger partial charge in [0.2, 0.25) is 0 Å². The van der Waals surface area contributed by atoms with Crippen molar-refractivity contribution in [3.8, 4) is 0 Å². The van der Waals surface area contributed by atoms with Gasteiger partial charge in [-0.05, 0) is 59.7 Å². The molecule has 0 fully saturated rings. The van der Waals surface area contributed by atoms with Crippen LogP contribution in [-0.4, -0.2) is 42.0 Å². The van der Waals surface area contributed by atoms with Crippen LogP contribution in [0.1, 0.15) is 22.5 Å². The number of rotatable bonds is 10. The molecule has 0 aliphatic rings. The van der Waals surface area contributed by atoms with Crippen molar-refractivity contribution in [2.24, 2.45) is 0 Å². The van der Waals surface area contributed by atoms with E-state index in [4.69, 9.17) is 0 Å². The van der Waals surface area contributed by atoms with E-state index in [9.17, 15) is 18.4 Å². The molecule has 2 aromatic heterocycles. The van der Waals surface area contributed by atoms with E-state index >= 15 is 0 Å². The first kappa shape index (κ1) is 27.9. The van der Waals surface area contributed by atoms with E-state index in [1.54, 1.807) is 21.8 Å². The number of halogens is 2. The summed E-state index contributed by atoms with van der Waals surface area (Å²) in [5, 5.41) is 27.1. The van der Waals surface area contributed by atoms with Crippen molar-refractivity contribution in [3.05, 3.63) is 119 Å². The van der Waals surface area contributed by atoms with E-state index in [1.165, 1.54) is 48.5 Å². The summed E-state index contributed by atoms with van der Waals surface area (Å²) in [6.45, 7) is 1.28. The first-order valence-electron chi connectivity index (χ1n) is 12.8. The third-order valence-corrected chi connectivity index (χ3v) is 5.92. The molecule has 4 amide bonds. The molecule has 12 nitrogen and oxygen atoms in total. The molecule has 5 rings (SSSR count). The number of hydrogen-bond donors (Lipinski definition) is 4. The van der Waals surface area contributed by atoms with Gasteiger partial charge in [0.25, 0.3) is 0 Å². The Morgan fingerprint density at radius 3 is 1.50 bits per heavy atom. The molecule has 3 aromatic carbocycles. The number of hydrogen-bond acceptors (Lipinski definition) is 6. The quantitative estimate of drug-likeness (QED) is 0.200. The first-order chi connectivity index (χ1) is 20.4. The number of benzene rings is 3. The molecule has 0 saturated carbocycles. The minimum absolute atomic E-state index is 0.171. The minimum Gasteiger partial charge on any atom is -0.332 e. The third kappa shape index (κ3) is 8.17. The van der Waals surface area contributed by atoms with Crippen molar-refractivity contribution in [1.82, 2.24) is 40.6 Å². The van der Waals surface area contributed by atoms with Gasteiger partial charge in [-0.1, -0.05) is 34.7 Å². The Kier molecular flexibility index (Phi) is 8.72. The van der Waals surface area contributed by atoms with Gasteiger partial charge in [-0.3, -0.25) is 0 Å². The van der Waals surface area contributed by atoms with E-state index in [2.05, 4.69) is 41.9 Å².